The highest BCUT2D eigenvalue weighted by Crippen LogP contribution is 2.27. The highest BCUT2D eigenvalue weighted by Gasteiger charge is 2.22. The van der Waals surface area contributed by atoms with Crippen molar-refractivity contribution in [2.75, 3.05) is 36.4 Å². The number of hydrogen-bond donors (Lipinski definition) is 1. The van der Waals surface area contributed by atoms with E-state index >= 15 is 0 Å². The Bertz CT molecular complexity index is 1270. The van der Waals surface area contributed by atoms with Gasteiger partial charge in [0.2, 0.25) is 0 Å². The molecule has 1 aliphatic rings. The number of carbonyl (C=O) groups is 1. The summed E-state index contributed by atoms with van der Waals surface area (Å²) in [5, 5.41) is 3.40. The van der Waals surface area contributed by atoms with E-state index in [1.807, 2.05) is 34.9 Å². The number of rotatable bonds is 2. The fourth-order valence-electron chi connectivity index (χ4n) is 4.06. The second kappa shape index (κ2) is 8.07. The van der Waals surface area contributed by atoms with Gasteiger partial charge in [0.1, 0.15) is 5.82 Å². The quantitative estimate of drug-likeness (QED) is 0.479. The number of anilines is 2. The van der Waals surface area contributed by atoms with Crippen LogP contribution in [0.5, 0.6) is 0 Å². The number of carbonyl (C=O) groups excluding carboxylic acids is 1. The maximum atomic E-state index is 13.8. The molecule has 0 saturated carbocycles. The molecular weight excluding hydrogens is 417 g/mol. The third-order valence-electron chi connectivity index (χ3n) is 5.60. The molecule has 8 heteroatoms. The van der Waals surface area contributed by atoms with E-state index in [4.69, 9.17) is 16.6 Å². The summed E-state index contributed by atoms with van der Waals surface area (Å²) in [6.07, 6.45) is 2.76. The van der Waals surface area contributed by atoms with E-state index in [1.165, 1.54) is 12.1 Å². The molecule has 1 fully saturated rings. The standard InChI is InChI=1S/C23H21ClFN5O/c24-17-5-1-2-6-18(17)27-23(31)29-11-4-10-28(13-14-29)22-21-7-3-12-30(21)20-9-8-16(25)15-19(20)26-22/h1-3,5-9,12,15H,4,10-11,13-14H2,(H,27,31). The average molecular weight is 438 g/mol. The lowest BCUT2D eigenvalue weighted by atomic mass is 10.2. The molecule has 1 saturated heterocycles. The SMILES string of the molecule is O=C(Nc1ccccc1Cl)N1CCCN(c2nc3cc(F)ccc3n3cccc23)CC1. The molecule has 0 spiro atoms. The number of nitrogens with zero attached hydrogens (tertiary/aromatic N) is 4. The molecule has 2 aromatic carbocycles. The number of fused-ring (bicyclic) bond motifs is 3. The van der Waals surface area contributed by atoms with Crippen LogP contribution in [0.4, 0.5) is 20.7 Å². The molecule has 0 radical (unpaired) electrons. The lowest BCUT2D eigenvalue weighted by Crippen LogP contribution is -2.38. The molecule has 158 valence electrons. The minimum absolute atomic E-state index is 0.170. The van der Waals surface area contributed by atoms with Crippen molar-refractivity contribution in [1.82, 2.24) is 14.3 Å². The predicted octanol–water partition coefficient (Wildman–Crippen LogP) is 5.02. The van der Waals surface area contributed by atoms with Gasteiger partial charge < -0.3 is 19.5 Å². The smallest absolute Gasteiger partial charge is 0.321 e. The molecule has 0 aliphatic carbocycles. The molecule has 1 N–H and O–H groups in total. The van der Waals surface area contributed by atoms with E-state index in [2.05, 4.69) is 10.2 Å². The summed E-state index contributed by atoms with van der Waals surface area (Å²) >= 11 is 6.17. The van der Waals surface area contributed by atoms with Crippen LogP contribution in [0.25, 0.3) is 16.6 Å². The summed E-state index contributed by atoms with van der Waals surface area (Å²) in [5.74, 6) is 0.493. The molecule has 0 unspecified atom stereocenters. The van der Waals surface area contributed by atoms with Crippen molar-refractivity contribution in [3.8, 4) is 0 Å². The zero-order valence-electron chi connectivity index (χ0n) is 16.8. The molecule has 3 heterocycles. The van der Waals surface area contributed by atoms with E-state index < -0.39 is 0 Å². The molecule has 5 rings (SSSR count). The van der Waals surface area contributed by atoms with Crippen LogP contribution in [0.3, 0.4) is 0 Å². The Labute approximate surface area is 183 Å². The average Bonchev–Trinajstić information content (AvgIpc) is 3.12. The summed E-state index contributed by atoms with van der Waals surface area (Å²) in [6.45, 7) is 2.56. The van der Waals surface area contributed by atoms with Crippen molar-refractivity contribution in [1.29, 1.82) is 0 Å². The summed E-state index contributed by atoms with van der Waals surface area (Å²) in [4.78, 5) is 21.5. The summed E-state index contributed by atoms with van der Waals surface area (Å²) < 4.78 is 15.9. The van der Waals surface area contributed by atoms with E-state index in [0.29, 0.717) is 35.9 Å². The first-order valence-corrected chi connectivity index (χ1v) is 10.6. The first-order valence-electron chi connectivity index (χ1n) is 10.2. The highest BCUT2D eigenvalue weighted by molar-refractivity contribution is 6.33. The minimum atomic E-state index is -0.309. The van der Waals surface area contributed by atoms with E-state index in [-0.39, 0.29) is 11.8 Å². The third-order valence-corrected chi connectivity index (χ3v) is 5.93. The molecular formula is C23H21ClFN5O. The highest BCUT2D eigenvalue weighted by atomic mass is 35.5. The monoisotopic (exact) mass is 437 g/mol. The summed E-state index contributed by atoms with van der Waals surface area (Å²) in [7, 11) is 0. The minimum Gasteiger partial charge on any atom is -0.353 e. The van der Waals surface area contributed by atoms with Gasteiger partial charge >= 0.3 is 6.03 Å². The number of urea groups is 1. The number of amides is 2. The first kappa shape index (κ1) is 19.6. The lowest BCUT2D eigenvalue weighted by molar-refractivity contribution is 0.215. The van der Waals surface area contributed by atoms with Gasteiger partial charge in [-0.1, -0.05) is 23.7 Å². The molecule has 0 bridgehead atoms. The number of benzene rings is 2. The van der Waals surface area contributed by atoms with Crippen molar-refractivity contribution in [2.24, 2.45) is 0 Å². The Morgan fingerprint density at radius 3 is 2.74 bits per heavy atom. The number of halogens is 2. The van der Waals surface area contributed by atoms with Crippen LogP contribution in [0, 0.1) is 5.82 Å². The van der Waals surface area contributed by atoms with Gasteiger partial charge in [0.05, 0.1) is 27.3 Å². The van der Waals surface area contributed by atoms with Gasteiger partial charge in [-0.15, -0.1) is 0 Å². The van der Waals surface area contributed by atoms with Crippen LogP contribution in [0.1, 0.15) is 6.42 Å². The van der Waals surface area contributed by atoms with Crippen LogP contribution in [-0.2, 0) is 0 Å². The molecule has 2 aromatic heterocycles. The van der Waals surface area contributed by atoms with Crippen LogP contribution in [0.2, 0.25) is 5.02 Å². The molecule has 1 aliphatic heterocycles. The maximum Gasteiger partial charge on any atom is 0.321 e. The summed E-state index contributed by atoms with van der Waals surface area (Å²) in [5.41, 5.74) is 3.04. The largest absolute Gasteiger partial charge is 0.353 e. The zero-order chi connectivity index (χ0) is 21.4. The van der Waals surface area contributed by atoms with Gasteiger partial charge in [-0.05, 0) is 42.8 Å². The zero-order valence-corrected chi connectivity index (χ0v) is 17.5. The third kappa shape index (κ3) is 3.77. The van der Waals surface area contributed by atoms with E-state index in [9.17, 15) is 9.18 Å². The normalized spacial score (nSPS) is 14.8. The van der Waals surface area contributed by atoms with Crippen molar-refractivity contribution >= 4 is 45.7 Å². The Balaban J connectivity index is 1.39. The number of para-hydroxylation sites is 1. The van der Waals surface area contributed by atoms with Gasteiger partial charge in [0.25, 0.3) is 0 Å². The molecule has 31 heavy (non-hydrogen) atoms. The Kier molecular flexibility index (Phi) is 5.11. The number of aromatic nitrogens is 2. The summed E-state index contributed by atoms with van der Waals surface area (Å²) in [6, 6.07) is 15.7. The van der Waals surface area contributed by atoms with Crippen LogP contribution in [-0.4, -0.2) is 46.5 Å². The second-order valence-corrected chi connectivity index (χ2v) is 7.98. The first-order chi connectivity index (χ1) is 15.1. The van der Waals surface area contributed by atoms with Gasteiger partial charge in [-0.3, -0.25) is 0 Å². The van der Waals surface area contributed by atoms with Crippen LogP contribution < -0.4 is 10.2 Å². The van der Waals surface area contributed by atoms with Gasteiger partial charge in [0, 0.05) is 38.4 Å². The molecule has 0 atom stereocenters. The fourth-order valence-corrected chi connectivity index (χ4v) is 4.24. The molecule has 6 nitrogen and oxygen atoms in total. The second-order valence-electron chi connectivity index (χ2n) is 7.57. The van der Waals surface area contributed by atoms with Crippen LogP contribution >= 0.6 is 11.6 Å². The number of nitrogens with one attached hydrogen (secondary N) is 1. The number of hydrogen-bond acceptors (Lipinski definition) is 3. The molecule has 4 aromatic rings. The fraction of sp³-hybridized carbons (Fsp3) is 0.217. The Morgan fingerprint density at radius 1 is 1.00 bits per heavy atom. The Hall–Kier alpha value is -3.32. The van der Waals surface area contributed by atoms with Crippen molar-refractivity contribution in [2.45, 2.75) is 6.42 Å². The van der Waals surface area contributed by atoms with E-state index in [0.717, 1.165) is 29.8 Å². The van der Waals surface area contributed by atoms with Gasteiger partial charge in [-0.25, -0.2) is 14.2 Å². The van der Waals surface area contributed by atoms with Gasteiger partial charge in [-0.2, -0.15) is 0 Å². The maximum absolute atomic E-state index is 13.8. The molecule has 2 amide bonds. The van der Waals surface area contributed by atoms with E-state index in [1.54, 1.807) is 23.1 Å². The predicted molar refractivity (Wildman–Crippen MR) is 122 cm³/mol. The van der Waals surface area contributed by atoms with Crippen molar-refractivity contribution in [3.63, 3.8) is 0 Å². The van der Waals surface area contributed by atoms with Crippen molar-refractivity contribution in [3.05, 3.63) is 71.6 Å². The van der Waals surface area contributed by atoms with Crippen LogP contribution in [0.15, 0.2) is 60.8 Å². The topological polar surface area (TPSA) is 52.9 Å². The lowest BCUT2D eigenvalue weighted by Gasteiger charge is -2.24. The van der Waals surface area contributed by atoms with Crippen molar-refractivity contribution < 1.29 is 9.18 Å². The Morgan fingerprint density at radius 2 is 1.87 bits per heavy atom. The van der Waals surface area contributed by atoms with Gasteiger partial charge in [0.15, 0.2) is 5.82 Å².